The fourth-order valence-electron chi connectivity index (χ4n) is 4.48. The number of fused-ring (bicyclic) bond motifs is 1. The van der Waals surface area contributed by atoms with Crippen molar-refractivity contribution in [3.8, 4) is 11.1 Å². The van der Waals surface area contributed by atoms with E-state index in [1.807, 2.05) is 79.3 Å². The summed E-state index contributed by atoms with van der Waals surface area (Å²) in [4.78, 5) is 9.13. The quantitative estimate of drug-likeness (QED) is 0.324. The molecule has 6 heteroatoms. The molecule has 1 unspecified atom stereocenters. The molecule has 0 fully saturated rings. The predicted molar refractivity (Wildman–Crippen MR) is 136 cm³/mol. The third-order valence-electron chi connectivity index (χ3n) is 6.07. The van der Waals surface area contributed by atoms with Crippen LogP contribution in [0.25, 0.3) is 22.0 Å². The summed E-state index contributed by atoms with van der Waals surface area (Å²) in [6.07, 6.45) is 3.58. The lowest BCUT2D eigenvalue weighted by Crippen LogP contribution is -2.41. The third-order valence-corrected chi connectivity index (χ3v) is 6.56. The van der Waals surface area contributed by atoms with Gasteiger partial charge in [0.05, 0.1) is 23.7 Å². The van der Waals surface area contributed by atoms with Gasteiger partial charge in [-0.25, -0.2) is 4.98 Å². The zero-order chi connectivity index (χ0) is 23.2. The molecule has 2 N–H and O–H groups in total. The molecule has 0 aliphatic carbocycles. The van der Waals surface area contributed by atoms with Gasteiger partial charge in [0.2, 0.25) is 0 Å². The zero-order valence-corrected chi connectivity index (χ0v) is 19.8. The van der Waals surface area contributed by atoms with Gasteiger partial charge in [0.1, 0.15) is 5.54 Å². The van der Waals surface area contributed by atoms with Gasteiger partial charge in [-0.15, -0.1) is 0 Å². The Morgan fingerprint density at radius 2 is 1.70 bits per heavy atom. The van der Waals surface area contributed by atoms with Crippen LogP contribution in [-0.4, -0.2) is 14.5 Å². The lowest BCUT2D eigenvalue weighted by atomic mass is 9.76. The van der Waals surface area contributed by atoms with Gasteiger partial charge in [-0.05, 0) is 65.6 Å². The van der Waals surface area contributed by atoms with E-state index in [-0.39, 0.29) is 0 Å². The highest BCUT2D eigenvalue weighted by Gasteiger charge is 2.37. The predicted octanol–water partition coefficient (Wildman–Crippen LogP) is 6.50. The highest BCUT2D eigenvalue weighted by atomic mass is 35.5. The summed E-state index contributed by atoms with van der Waals surface area (Å²) in [7, 11) is 1.95. The Bertz CT molecular complexity index is 1470. The van der Waals surface area contributed by atoms with Gasteiger partial charge in [0.15, 0.2) is 0 Å². The van der Waals surface area contributed by atoms with Crippen LogP contribution >= 0.6 is 23.2 Å². The van der Waals surface area contributed by atoms with Crippen LogP contribution in [0.2, 0.25) is 10.0 Å². The Balaban J connectivity index is 1.92. The molecule has 2 aromatic heterocycles. The fraction of sp³-hybridized carbons (Fsp3) is 0.111. The van der Waals surface area contributed by atoms with Crippen LogP contribution < -0.4 is 5.73 Å². The number of rotatable bonds is 4. The van der Waals surface area contributed by atoms with Crippen LogP contribution in [0.5, 0.6) is 0 Å². The summed E-state index contributed by atoms with van der Waals surface area (Å²) in [6.45, 7) is 1.99. The number of halogens is 2. The molecule has 0 spiro atoms. The van der Waals surface area contributed by atoms with Crippen molar-refractivity contribution in [3.05, 3.63) is 118 Å². The average Bonchev–Trinajstić information content (AvgIpc) is 3.24. The highest BCUT2D eigenvalue weighted by Crippen LogP contribution is 2.43. The van der Waals surface area contributed by atoms with Crippen molar-refractivity contribution in [1.29, 1.82) is 0 Å². The molecule has 0 aliphatic heterocycles. The molecule has 0 amide bonds. The molecule has 2 heterocycles. The number of nitrogens with two attached hydrogens (primary N) is 1. The van der Waals surface area contributed by atoms with Gasteiger partial charge < -0.3 is 10.3 Å². The van der Waals surface area contributed by atoms with Crippen molar-refractivity contribution >= 4 is 34.1 Å². The summed E-state index contributed by atoms with van der Waals surface area (Å²) >= 11 is 12.6. The molecule has 5 rings (SSSR count). The number of benzene rings is 3. The summed E-state index contributed by atoms with van der Waals surface area (Å²) in [5, 5.41) is 2.32. The van der Waals surface area contributed by atoms with Crippen LogP contribution in [0.1, 0.15) is 22.5 Å². The first kappa shape index (κ1) is 21.7. The van der Waals surface area contributed by atoms with E-state index >= 15 is 0 Å². The molecule has 0 saturated heterocycles. The van der Waals surface area contributed by atoms with Gasteiger partial charge >= 0.3 is 0 Å². The van der Waals surface area contributed by atoms with Crippen LogP contribution in [0.15, 0.2) is 85.3 Å². The van der Waals surface area contributed by atoms with Crippen LogP contribution in [-0.2, 0) is 12.6 Å². The summed E-state index contributed by atoms with van der Waals surface area (Å²) in [5.74, 6) is 0. The molecule has 0 aliphatic rings. The van der Waals surface area contributed by atoms with Crippen molar-refractivity contribution in [1.82, 2.24) is 14.5 Å². The molecule has 1 atom stereocenters. The first-order valence-electron chi connectivity index (χ1n) is 10.6. The monoisotopic (exact) mass is 472 g/mol. The summed E-state index contributed by atoms with van der Waals surface area (Å²) in [5.41, 5.74) is 12.9. The number of pyridine rings is 1. The van der Waals surface area contributed by atoms with E-state index in [1.54, 1.807) is 6.33 Å². The van der Waals surface area contributed by atoms with E-state index in [2.05, 4.69) is 23.2 Å². The molecule has 0 bridgehead atoms. The molecule has 5 aromatic rings. The third kappa shape index (κ3) is 3.70. The highest BCUT2D eigenvalue weighted by molar-refractivity contribution is 6.31. The molecule has 164 valence electrons. The van der Waals surface area contributed by atoms with E-state index in [0.717, 1.165) is 44.5 Å². The number of aryl methyl sites for hydroxylation is 2. The topological polar surface area (TPSA) is 56.7 Å². The molecule has 0 radical (unpaired) electrons. The lowest BCUT2D eigenvalue weighted by Gasteiger charge is -2.33. The molecule has 4 nitrogen and oxygen atoms in total. The largest absolute Gasteiger partial charge is 0.336 e. The van der Waals surface area contributed by atoms with Crippen LogP contribution in [0.3, 0.4) is 0 Å². The maximum absolute atomic E-state index is 7.40. The van der Waals surface area contributed by atoms with Gasteiger partial charge in [0, 0.05) is 28.2 Å². The van der Waals surface area contributed by atoms with Crippen molar-refractivity contribution in [2.24, 2.45) is 12.8 Å². The van der Waals surface area contributed by atoms with Crippen molar-refractivity contribution < 1.29 is 0 Å². The van der Waals surface area contributed by atoms with E-state index in [4.69, 9.17) is 33.9 Å². The number of imidazole rings is 1. The SMILES string of the molecule is Cc1ccc2c(-c3cccc(Cl)c3)c(C(N)(c3ccc(Cl)cc3)c3cncn3C)ccc2n1. The van der Waals surface area contributed by atoms with E-state index in [0.29, 0.717) is 10.0 Å². The van der Waals surface area contributed by atoms with Crippen molar-refractivity contribution in [2.75, 3.05) is 0 Å². The Hall–Kier alpha value is -3.18. The second-order valence-electron chi connectivity index (χ2n) is 8.22. The van der Waals surface area contributed by atoms with E-state index in [9.17, 15) is 0 Å². The Labute approximate surface area is 202 Å². The second kappa shape index (κ2) is 8.31. The van der Waals surface area contributed by atoms with E-state index < -0.39 is 5.54 Å². The Morgan fingerprint density at radius 1 is 0.909 bits per heavy atom. The number of nitrogens with zero attached hydrogens (tertiary/aromatic N) is 3. The summed E-state index contributed by atoms with van der Waals surface area (Å²) in [6, 6.07) is 23.7. The Morgan fingerprint density at radius 3 is 2.39 bits per heavy atom. The normalized spacial score (nSPS) is 13.2. The van der Waals surface area contributed by atoms with Gasteiger partial charge in [-0.1, -0.05) is 59.6 Å². The minimum absolute atomic E-state index is 0.652. The lowest BCUT2D eigenvalue weighted by molar-refractivity contribution is 0.598. The molecule has 0 saturated carbocycles. The molecular weight excluding hydrogens is 451 g/mol. The van der Waals surface area contributed by atoms with Gasteiger partial charge in [-0.3, -0.25) is 4.98 Å². The zero-order valence-electron chi connectivity index (χ0n) is 18.3. The van der Waals surface area contributed by atoms with Gasteiger partial charge in [0.25, 0.3) is 0 Å². The second-order valence-corrected chi connectivity index (χ2v) is 9.10. The minimum Gasteiger partial charge on any atom is -0.336 e. The first-order valence-corrected chi connectivity index (χ1v) is 11.3. The Kier molecular flexibility index (Phi) is 5.45. The molecular formula is C27H22Cl2N4. The number of aromatic nitrogens is 3. The first-order chi connectivity index (χ1) is 15.9. The number of hydrogen-bond donors (Lipinski definition) is 1. The molecule has 33 heavy (non-hydrogen) atoms. The smallest absolute Gasteiger partial charge is 0.110 e. The average molecular weight is 473 g/mol. The van der Waals surface area contributed by atoms with Crippen LogP contribution in [0, 0.1) is 6.92 Å². The van der Waals surface area contributed by atoms with E-state index in [1.165, 1.54) is 0 Å². The maximum Gasteiger partial charge on any atom is 0.110 e. The minimum atomic E-state index is -1.01. The van der Waals surface area contributed by atoms with Gasteiger partial charge in [-0.2, -0.15) is 0 Å². The standard InChI is InChI=1S/C27H22Cl2N4/c1-17-6-11-22-24(32-17)13-12-23(26(22)18-4-3-5-21(29)14-18)27(30,25-15-31-16-33(25)2)19-7-9-20(28)10-8-19/h3-16H,30H2,1-2H3. The summed E-state index contributed by atoms with van der Waals surface area (Å²) < 4.78 is 1.95. The van der Waals surface area contributed by atoms with Crippen LogP contribution in [0.4, 0.5) is 0 Å². The maximum atomic E-state index is 7.40. The fourth-order valence-corrected chi connectivity index (χ4v) is 4.80. The number of hydrogen-bond acceptors (Lipinski definition) is 3. The van der Waals surface area contributed by atoms with Crippen molar-refractivity contribution in [3.63, 3.8) is 0 Å². The molecule has 3 aromatic carbocycles. The van der Waals surface area contributed by atoms with Crippen molar-refractivity contribution in [2.45, 2.75) is 12.5 Å².